The minimum Gasteiger partial charge on any atom is -0.478 e. The fraction of sp³-hybridized carbons (Fsp3) is 0.500. The molecule has 1 aromatic rings. The van der Waals surface area contributed by atoms with Crippen LogP contribution in [0.1, 0.15) is 36.5 Å². The maximum absolute atomic E-state index is 11.2. The molecule has 1 aromatic carbocycles. The van der Waals surface area contributed by atoms with Crippen molar-refractivity contribution in [3.63, 3.8) is 0 Å². The summed E-state index contributed by atoms with van der Waals surface area (Å²) in [6.45, 7) is 2.18. The molecule has 19 heavy (non-hydrogen) atoms. The van der Waals surface area contributed by atoms with Gasteiger partial charge in [-0.25, -0.2) is 4.79 Å². The molecule has 104 valence electrons. The number of aromatic carboxylic acids is 1. The Kier molecular flexibility index (Phi) is 5.16. The van der Waals surface area contributed by atoms with Gasteiger partial charge < -0.3 is 10.4 Å². The second-order valence-corrected chi connectivity index (χ2v) is 7.22. The summed E-state index contributed by atoms with van der Waals surface area (Å²) in [7, 11) is 0. The molecule has 0 bridgehead atoms. The lowest BCUT2D eigenvalue weighted by Crippen LogP contribution is -2.18. The zero-order valence-corrected chi connectivity index (χ0v) is 13.3. The van der Waals surface area contributed by atoms with E-state index in [0.29, 0.717) is 22.5 Å². The molecule has 0 radical (unpaired) electrons. The summed E-state index contributed by atoms with van der Waals surface area (Å²) < 4.78 is 0.900. The van der Waals surface area contributed by atoms with Crippen molar-refractivity contribution in [2.75, 3.05) is 11.1 Å². The van der Waals surface area contributed by atoms with Gasteiger partial charge in [0.25, 0.3) is 0 Å². The highest BCUT2D eigenvalue weighted by Crippen LogP contribution is 2.32. The number of nitrogens with one attached hydrogen (secondary N) is 1. The highest BCUT2D eigenvalue weighted by Gasteiger charge is 2.25. The number of halogens is 1. The average molecular weight is 344 g/mol. The van der Waals surface area contributed by atoms with Crippen LogP contribution in [0.25, 0.3) is 0 Å². The van der Waals surface area contributed by atoms with Gasteiger partial charge in [-0.05, 0) is 43.2 Å². The van der Waals surface area contributed by atoms with E-state index in [1.165, 1.54) is 6.42 Å². The Morgan fingerprint density at radius 3 is 3.00 bits per heavy atom. The molecular formula is C14H18BrNO2S. The smallest absolute Gasteiger partial charge is 0.337 e. The van der Waals surface area contributed by atoms with Gasteiger partial charge in [-0.15, -0.1) is 0 Å². The van der Waals surface area contributed by atoms with Crippen LogP contribution in [0.5, 0.6) is 0 Å². The molecule has 2 N–H and O–H groups in total. The molecule has 1 aliphatic carbocycles. The van der Waals surface area contributed by atoms with Crippen LogP contribution in [0.2, 0.25) is 0 Å². The third kappa shape index (κ3) is 3.89. The number of thioether (sulfide) groups is 1. The Bertz CT molecular complexity index is 467. The van der Waals surface area contributed by atoms with Gasteiger partial charge in [-0.2, -0.15) is 11.8 Å². The zero-order chi connectivity index (χ0) is 13.8. The van der Waals surface area contributed by atoms with Crippen molar-refractivity contribution < 1.29 is 9.90 Å². The van der Waals surface area contributed by atoms with Gasteiger partial charge in [0.2, 0.25) is 0 Å². The van der Waals surface area contributed by atoms with E-state index in [1.54, 1.807) is 12.1 Å². The maximum Gasteiger partial charge on any atom is 0.337 e. The van der Waals surface area contributed by atoms with Crippen molar-refractivity contribution in [1.29, 1.82) is 0 Å². The molecular weight excluding hydrogens is 326 g/mol. The lowest BCUT2D eigenvalue weighted by Gasteiger charge is -2.16. The van der Waals surface area contributed by atoms with Crippen molar-refractivity contribution >= 4 is 39.3 Å². The second-order valence-electron chi connectivity index (χ2n) is 4.73. The molecule has 0 spiro atoms. The van der Waals surface area contributed by atoms with Crippen LogP contribution in [0.4, 0.5) is 5.69 Å². The van der Waals surface area contributed by atoms with E-state index >= 15 is 0 Å². The van der Waals surface area contributed by atoms with Crippen LogP contribution >= 0.6 is 27.7 Å². The summed E-state index contributed by atoms with van der Waals surface area (Å²) in [6.07, 6.45) is 3.44. The molecule has 2 rings (SSSR count). The van der Waals surface area contributed by atoms with Crippen LogP contribution in [0.15, 0.2) is 22.7 Å². The van der Waals surface area contributed by atoms with E-state index in [4.69, 9.17) is 0 Å². The number of carboxylic acids is 1. The normalized spacial score (nSPS) is 22.4. The first-order chi connectivity index (χ1) is 9.10. The SMILES string of the molecule is CCSC1CCC(Nc2cc(Br)ccc2C(=O)O)C1. The topological polar surface area (TPSA) is 49.3 Å². The number of hydrogen-bond acceptors (Lipinski definition) is 3. The molecule has 0 aromatic heterocycles. The number of carbonyl (C=O) groups is 1. The lowest BCUT2D eigenvalue weighted by molar-refractivity contribution is 0.0698. The minimum absolute atomic E-state index is 0.342. The third-order valence-electron chi connectivity index (χ3n) is 3.36. The average Bonchev–Trinajstić information content (AvgIpc) is 2.77. The van der Waals surface area contributed by atoms with Gasteiger partial charge in [-0.1, -0.05) is 22.9 Å². The number of carboxylic acid groups (broad SMARTS) is 1. The van der Waals surface area contributed by atoms with E-state index in [-0.39, 0.29) is 0 Å². The second kappa shape index (κ2) is 6.66. The van der Waals surface area contributed by atoms with Gasteiger partial charge in [-0.3, -0.25) is 0 Å². The van der Waals surface area contributed by atoms with Crippen LogP contribution in [-0.2, 0) is 0 Å². The Hall–Kier alpha value is -0.680. The zero-order valence-electron chi connectivity index (χ0n) is 10.9. The first kappa shape index (κ1) is 14.7. The van der Waals surface area contributed by atoms with Crippen molar-refractivity contribution in [3.05, 3.63) is 28.2 Å². The molecule has 0 aliphatic heterocycles. The van der Waals surface area contributed by atoms with Crippen LogP contribution in [0.3, 0.4) is 0 Å². The van der Waals surface area contributed by atoms with E-state index in [9.17, 15) is 9.90 Å². The predicted molar refractivity (Wildman–Crippen MR) is 84.3 cm³/mol. The Morgan fingerprint density at radius 1 is 1.53 bits per heavy atom. The van der Waals surface area contributed by atoms with Gasteiger partial charge in [0.1, 0.15) is 0 Å². The standard InChI is InChI=1S/C14H18BrNO2S/c1-2-19-11-5-4-10(8-11)16-13-7-9(15)3-6-12(13)14(17)18/h3,6-7,10-11,16H,2,4-5,8H2,1H3,(H,17,18). The summed E-state index contributed by atoms with van der Waals surface area (Å²) in [6, 6.07) is 5.64. The molecule has 2 atom stereocenters. The molecule has 0 amide bonds. The van der Waals surface area contributed by atoms with Crippen LogP contribution < -0.4 is 5.32 Å². The number of anilines is 1. The molecule has 0 heterocycles. The van der Waals surface area contributed by atoms with E-state index in [2.05, 4.69) is 28.2 Å². The molecule has 1 aliphatic rings. The van der Waals surface area contributed by atoms with Crippen LogP contribution in [0, 0.1) is 0 Å². The number of benzene rings is 1. The van der Waals surface area contributed by atoms with E-state index in [0.717, 1.165) is 23.1 Å². The summed E-state index contributed by atoms with van der Waals surface area (Å²) >= 11 is 5.40. The van der Waals surface area contributed by atoms with Crippen LogP contribution in [-0.4, -0.2) is 28.1 Å². The first-order valence-electron chi connectivity index (χ1n) is 6.51. The predicted octanol–water partition coefficient (Wildman–Crippen LogP) is 4.23. The third-order valence-corrected chi connectivity index (χ3v) is 5.08. The first-order valence-corrected chi connectivity index (χ1v) is 8.35. The summed E-state index contributed by atoms with van der Waals surface area (Å²) in [4.78, 5) is 11.2. The Labute approximate surface area is 126 Å². The highest BCUT2D eigenvalue weighted by molar-refractivity contribution is 9.10. The maximum atomic E-state index is 11.2. The molecule has 1 saturated carbocycles. The van der Waals surface area contributed by atoms with Crippen molar-refractivity contribution in [1.82, 2.24) is 0 Å². The molecule has 5 heteroatoms. The quantitative estimate of drug-likeness (QED) is 0.839. The fourth-order valence-electron chi connectivity index (χ4n) is 2.50. The Morgan fingerprint density at radius 2 is 2.32 bits per heavy atom. The van der Waals surface area contributed by atoms with Crippen molar-refractivity contribution in [2.45, 2.75) is 37.5 Å². The van der Waals surface area contributed by atoms with E-state index in [1.807, 2.05) is 17.8 Å². The molecule has 0 saturated heterocycles. The molecule has 1 fully saturated rings. The minimum atomic E-state index is -0.882. The largest absolute Gasteiger partial charge is 0.478 e. The van der Waals surface area contributed by atoms with Gasteiger partial charge in [0.15, 0.2) is 0 Å². The monoisotopic (exact) mass is 343 g/mol. The highest BCUT2D eigenvalue weighted by atomic mass is 79.9. The summed E-state index contributed by atoms with van der Waals surface area (Å²) in [5, 5.41) is 13.3. The summed E-state index contributed by atoms with van der Waals surface area (Å²) in [5.74, 6) is 0.266. The number of rotatable bonds is 5. The van der Waals surface area contributed by atoms with Gasteiger partial charge in [0.05, 0.1) is 11.3 Å². The van der Waals surface area contributed by atoms with Crippen molar-refractivity contribution in [2.24, 2.45) is 0 Å². The molecule has 3 nitrogen and oxygen atoms in total. The lowest BCUT2D eigenvalue weighted by atomic mass is 10.1. The van der Waals surface area contributed by atoms with Crippen molar-refractivity contribution in [3.8, 4) is 0 Å². The van der Waals surface area contributed by atoms with Gasteiger partial charge >= 0.3 is 5.97 Å². The van der Waals surface area contributed by atoms with E-state index < -0.39 is 5.97 Å². The van der Waals surface area contributed by atoms with Gasteiger partial charge in [0, 0.05) is 15.8 Å². The fourth-order valence-corrected chi connectivity index (χ4v) is 4.00. The summed E-state index contributed by atoms with van der Waals surface area (Å²) in [5.41, 5.74) is 1.06. The Balaban J connectivity index is 2.07. The number of hydrogen-bond donors (Lipinski definition) is 2. The molecule has 2 unspecified atom stereocenters.